The summed E-state index contributed by atoms with van der Waals surface area (Å²) in [6.45, 7) is 10.6. The van der Waals surface area contributed by atoms with Crippen molar-refractivity contribution in [2.24, 2.45) is 17.3 Å². The predicted molar refractivity (Wildman–Crippen MR) is 103 cm³/mol. The van der Waals surface area contributed by atoms with E-state index < -0.39 is 40.3 Å². The molecule has 6 nitrogen and oxygen atoms in total. The highest BCUT2D eigenvalue weighted by atomic mass is 79.9. The van der Waals surface area contributed by atoms with Crippen LogP contribution in [0.1, 0.15) is 60.8 Å². The maximum absolute atomic E-state index is 13.2. The molecule has 0 heterocycles. The molecule has 3 atom stereocenters. The Bertz CT molecular complexity index is 682. The molecule has 0 spiro atoms. The van der Waals surface area contributed by atoms with Crippen LogP contribution in [0.4, 0.5) is 0 Å². The van der Waals surface area contributed by atoms with Crippen molar-refractivity contribution in [1.29, 1.82) is 0 Å². The lowest BCUT2D eigenvalue weighted by molar-refractivity contribution is -0.178. The van der Waals surface area contributed by atoms with Gasteiger partial charge in [-0.25, -0.2) is 0 Å². The number of esters is 2. The highest BCUT2D eigenvalue weighted by Crippen LogP contribution is 2.53. The topological polar surface area (TPSA) is 78.9 Å². The second kappa shape index (κ2) is 7.22. The summed E-state index contributed by atoms with van der Waals surface area (Å²) in [5, 5.41) is 0. The van der Waals surface area contributed by atoms with Gasteiger partial charge in [0.05, 0.1) is 17.5 Å². The smallest absolute Gasteiger partial charge is 0.320 e. The Morgan fingerprint density at radius 1 is 1.04 bits per heavy atom. The summed E-state index contributed by atoms with van der Waals surface area (Å²) in [7, 11) is 1.49. The van der Waals surface area contributed by atoms with E-state index in [1.54, 1.807) is 41.5 Å². The van der Waals surface area contributed by atoms with Crippen LogP contribution in [-0.4, -0.2) is 36.0 Å². The van der Waals surface area contributed by atoms with Gasteiger partial charge >= 0.3 is 11.9 Å². The monoisotopic (exact) mass is 444 g/mol. The zero-order valence-electron chi connectivity index (χ0n) is 17.1. The summed E-state index contributed by atoms with van der Waals surface area (Å²) < 4.78 is 16.8. The Morgan fingerprint density at radius 3 is 2.07 bits per heavy atom. The molecule has 1 saturated carbocycles. The van der Waals surface area contributed by atoms with E-state index >= 15 is 0 Å². The van der Waals surface area contributed by atoms with Crippen LogP contribution in [0.2, 0.25) is 0 Å². The first-order valence-corrected chi connectivity index (χ1v) is 9.94. The van der Waals surface area contributed by atoms with Crippen molar-refractivity contribution in [2.75, 3.05) is 7.11 Å². The fourth-order valence-electron chi connectivity index (χ4n) is 3.78. The minimum Gasteiger partial charge on any atom is -0.499 e. The minimum atomic E-state index is -1.40. The van der Waals surface area contributed by atoms with Gasteiger partial charge in [-0.05, 0) is 76.7 Å². The molecule has 7 heteroatoms. The molecule has 0 aliphatic heterocycles. The van der Waals surface area contributed by atoms with Crippen LogP contribution < -0.4 is 0 Å². The van der Waals surface area contributed by atoms with Gasteiger partial charge in [-0.3, -0.25) is 14.4 Å². The van der Waals surface area contributed by atoms with E-state index in [-0.39, 0.29) is 23.2 Å². The van der Waals surface area contributed by atoms with Crippen LogP contribution in [0.15, 0.2) is 10.2 Å². The van der Waals surface area contributed by atoms with Crippen molar-refractivity contribution in [3.63, 3.8) is 0 Å². The van der Waals surface area contributed by atoms with Crippen molar-refractivity contribution in [1.82, 2.24) is 0 Å². The maximum atomic E-state index is 13.2. The highest BCUT2D eigenvalue weighted by molar-refractivity contribution is 9.12. The van der Waals surface area contributed by atoms with Crippen LogP contribution >= 0.6 is 15.9 Å². The van der Waals surface area contributed by atoms with Gasteiger partial charge < -0.3 is 14.2 Å². The van der Waals surface area contributed by atoms with Crippen molar-refractivity contribution in [3.05, 3.63) is 10.2 Å². The van der Waals surface area contributed by atoms with Crippen LogP contribution in [0.25, 0.3) is 0 Å². The number of carbonyl (C=O) groups is 3. The first kappa shape index (κ1) is 21.9. The summed E-state index contributed by atoms with van der Waals surface area (Å²) >= 11 is 3.31. The van der Waals surface area contributed by atoms with Gasteiger partial charge in [-0.1, -0.05) is 0 Å². The third kappa shape index (κ3) is 4.55. The number of hydrogen-bond donors (Lipinski definition) is 0. The highest BCUT2D eigenvalue weighted by Gasteiger charge is 2.59. The summed E-state index contributed by atoms with van der Waals surface area (Å²) in [6, 6.07) is 0. The Morgan fingerprint density at radius 2 is 1.59 bits per heavy atom. The molecule has 2 aliphatic rings. The number of fused-ring (bicyclic) bond motifs is 2. The molecule has 2 rings (SSSR count). The predicted octanol–water partition coefficient (Wildman–Crippen LogP) is 3.91. The molecular weight excluding hydrogens is 416 g/mol. The van der Waals surface area contributed by atoms with Crippen molar-refractivity contribution in [2.45, 2.75) is 72.0 Å². The maximum Gasteiger partial charge on any atom is 0.320 e. The number of halogens is 1. The van der Waals surface area contributed by atoms with E-state index in [0.717, 1.165) is 0 Å². The second-order valence-electron chi connectivity index (χ2n) is 9.37. The number of hydrogen-bond acceptors (Lipinski definition) is 6. The molecule has 27 heavy (non-hydrogen) atoms. The van der Waals surface area contributed by atoms with Gasteiger partial charge in [0.2, 0.25) is 0 Å². The van der Waals surface area contributed by atoms with Gasteiger partial charge in [0.15, 0.2) is 5.78 Å². The third-order valence-corrected chi connectivity index (χ3v) is 5.48. The van der Waals surface area contributed by atoms with Gasteiger partial charge in [0.1, 0.15) is 22.4 Å². The van der Waals surface area contributed by atoms with Crippen LogP contribution in [0.5, 0.6) is 0 Å². The molecule has 0 radical (unpaired) electrons. The molecule has 152 valence electrons. The molecule has 2 aliphatic carbocycles. The van der Waals surface area contributed by atoms with Crippen LogP contribution in [0, 0.1) is 17.3 Å². The van der Waals surface area contributed by atoms with Gasteiger partial charge in [-0.15, -0.1) is 0 Å². The molecule has 0 amide bonds. The van der Waals surface area contributed by atoms with Crippen molar-refractivity contribution >= 4 is 33.7 Å². The summed E-state index contributed by atoms with van der Waals surface area (Å²) in [5.74, 6) is -1.72. The second-order valence-corrected chi connectivity index (χ2v) is 10.2. The Balaban J connectivity index is 2.45. The van der Waals surface area contributed by atoms with E-state index in [1.165, 1.54) is 7.11 Å². The molecule has 1 fully saturated rings. The van der Waals surface area contributed by atoms with E-state index in [2.05, 4.69) is 15.9 Å². The fraction of sp³-hybridized carbons (Fsp3) is 0.750. The van der Waals surface area contributed by atoms with Crippen molar-refractivity contribution < 1.29 is 28.6 Å². The van der Waals surface area contributed by atoms with Gasteiger partial charge in [-0.2, -0.15) is 0 Å². The molecule has 0 unspecified atom stereocenters. The lowest BCUT2D eigenvalue weighted by Crippen LogP contribution is -2.53. The summed E-state index contributed by atoms with van der Waals surface area (Å²) in [6.07, 6.45) is 0.821. The molecule has 0 aromatic carbocycles. The SMILES string of the molecule is COC1=C(Br)C(=O)[C@@]2(C(=O)OC(C)(C)C)C[C@@H](C(=O)OC(C)(C)C)C[C@@H]1C2. The first-order chi connectivity index (χ1) is 12.2. The fourth-order valence-corrected chi connectivity index (χ4v) is 4.64. The zero-order valence-corrected chi connectivity index (χ0v) is 18.7. The lowest BCUT2D eigenvalue weighted by Gasteiger charge is -2.45. The number of ketones is 1. The molecule has 0 saturated heterocycles. The van der Waals surface area contributed by atoms with Crippen LogP contribution in [-0.2, 0) is 28.6 Å². The summed E-state index contributed by atoms with van der Waals surface area (Å²) in [4.78, 5) is 39.0. The summed E-state index contributed by atoms with van der Waals surface area (Å²) in [5.41, 5.74) is -2.79. The average Bonchev–Trinajstić information content (AvgIpc) is 2.50. The number of rotatable bonds is 3. The Kier molecular flexibility index (Phi) is 5.87. The average molecular weight is 445 g/mol. The number of Topliss-reactive ketones (excluding diaryl/α,β-unsaturated/α-hetero) is 1. The Hall–Kier alpha value is -1.37. The van der Waals surface area contributed by atoms with E-state index in [1.807, 2.05) is 0 Å². The zero-order chi connectivity index (χ0) is 20.8. The van der Waals surface area contributed by atoms with E-state index in [4.69, 9.17) is 14.2 Å². The first-order valence-electron chi connectivity index (χ1n) is 9.15. The van der Waals surface area contributed by atoms with Crippen molar-refractivity contribution in [3.8, 4) is 0 Å². The number of methoxy groups -OCH3 is 1. The number of ether oxygens (including phenoxy) is 3. The largest absolute Gasteiger partial charge is 0.499 e. The number of carbonyl (C=O) groups excluding carboxylic acids is 3. The van der Waals surface area contributed by atoms with E-state index in [0.29, 0.717) is 12.2 Å². The number of allylic oxidation sites excluding steroid dienone is 2. The molecule has 0 aromatic heterocycles. The van der Waals surface area contributed by atoms with Gasteiger partial charge in [0, 0.05) is 5.92 Å². The Labute approximate surface area is 169 Å². The molecule has 2 bridgehead atoms. The van der Waals surface area contributed by atoms with E-state index in [9.17, 15) is 14.4 Å². The molecular formula is C20H29BrO6. The van der Waals surface area contributed by atoms with Crippen LogP contribution in [0.3, 0.4) is 0 Å². The molecule has 0 N–H and O–H groups in total. The molecule has 0 aromatic rings. The third-order valence-electron chi connectivity index (χ3n) is 4.73. The standard InChI is InChI=1S/C20H29BrO6/c1-18(2,3)26-16(23)12-8-11-9-20(10-12,17(24)27-19(4,5)6)15(22)13(21)14(11)25-7/h11-12H,8-10H2,1-7H3/t11-,12+,20+/m1/s1. The normalized spacial score (nSPS) is 28.7. The quantitative estimate of drug-likeness (QED) is 0.484. The lowest BCUT2D eigenvalue weighted by atomic mass is 9.60. The van der Waals surface area contributed by atoms with Gasteiger partial charge in [0.25, 0.3) is 0 Å². The minimum absolute atomic E-state index is 0.0816.